The Balaban J connectivity index is 2.74. The number of ether oxygens (including phenoxy) is 2. The SMILES string of the molecule is COC(=O)C(C)(C)COc1ccc([C@H](C)O)c(F)c1. The predicted octanol–water partition coefficient (Wildman–Crippen LogP) is 2.46. The standard InChI is InChI=1S/C14H19FO4/c1-9(16)11-6-5-10(7-12(11)15)19-8-14(2,3)13(17)18-4/h5-7,9,16H,8H2,1-4H3/t9-/m0/s1. The molecule has 0 unspecified atom stereocenters. The molecule has 0 heterocycles. The molecule has 1 rings (SSSR count). The summed E-state index contributed by atoms with van der Waals surface area (Å²) in [5, 5.41) is 9.32. The fourth-order valence-electron chi connectivity index (χ4n) is 1.54. The van der Waals surface area contributed by atoms with Crippen LogP contribution >= 0.6 is 0 Å². The van der Waals surface area contributed by atoms with Crippen molar-refractivity contribution in [2.24, 2.45) is 5.41 Å². The van der Waals surface area contributed by atoms with Crippen LogP contribution < -0.4 is 4.74 Å². The van der Waals surface area contributed by atoms with Gasteiger partial charge in [-0.2, -0.15) is 0 Å². The minimum atomic E-state index is -0.874. The zero-order valence-corrected chi connectivity index (χ0v) is 11.6. The summed E-state index contributed by atoms with van der Waals surface area (Å²) in [6.07, 6.45) is -0.874. The Hall–Kier alpha value is -1.62. The molecular weight excluding hydrogens is 251 g/mol. The maximum absolute atomic E-state index is 13.6. The number of carbonyl (C=O) groups is 1. The highest BCUT2D eigenvalue weighted by Gasteiger charge is 2.29. The van der Waals surface area contributed by atoms with E-state index in [4.69, 9.17) is 4.74 Å². The second-order valence-electron chi connectivity index (χ2n) is 5.02. The first-order valence-electron chi connectivity index (χ1n) is 5.96. The summed E-state index contributed by atoms with van der Waals surface area (Å²) in [5.74, 6) is -0.629. The van der Waals surface area contributed by atoms with Crippen LogP contribution in [0.25, 0.3) is 0 Å². The van der Waals surface area contributed by atoms with Crippen molar-refractivity contribution in [2.45, 2.75) is 26.9 Å². The van der Waals surface area contributed by atoms with Crippen molar-refractivity contribution in [3.63, 3.8) is 0 Å². The maximum Gasteiger partial charge on any atom is 0.314 e. The molecule has 1 aromatic rings. The Morgan fingerprint density at radius 3 is 2.58 bits per heavy atom. The quantitative estimate of drug-likeness (QED) is 0.835. The fourth-order valence-corrected chi connectivity index (χ4v) is 1.54. The van der Waals surface area contributed by atoms with Crippen LogP contribution in [0, 0.1) is 11.2 Å². The zero-order chi connectivity index (χ0) is 14.6. The molecule has 0 aliphatic carbocycles. The first-order chi connectivity index (χ1) is 8.77. The van der Waals surface area contributed by atoms with E-state index in [0.717, 1.165) is 0 Å². The van der Waals surface area contributed by atoms with E-state index in [1.807, 2.05) is 0 Å². The van der Waals surface area contributed by atoms with Crippen LogP contribution in [0.4, 0.5) is 4.39 Å². The normalized spacial score (nSPS) is 12.9. The summed E-state index contributed by atoms with van der Waals surface area (Å²) in [6.45, 7) is 4.92. The van der Waals surface area contributed by atoms with E-state index in [9.17, 15) is 14.3 Å². The summed E-state index contributed by atoms with van der Waals surface area (Å²) in [7, 11) is 1.31. The van der Waals surface area contributed by atoms with Crippen molar-refractivity contribution < 1.29 is 23.8 Å². The van der Waals surface area contributed by atoms with Gasteiger partial charge in [0.05, 0.1) is 18.6 Å². The van der Waals surface area contributed by atoms with Gasteiger partial charge < -0.3 is 14.6 Å². The van der Waals surface area contributed by atoms with Gasteiger partial charge in [-0.1, -0.05) is 0 Å². The number of halogens is 1. The van der Waals surface area contributed by atoms with Crippen LogP contribution in [0.1, 0.15) is 32.4 Å². The molecule has 5 heteroatoms. The summed E-state index contributed by atoms with van der Waals surface area (Å²) >= 11 is 0. The van der Waals surface area contributed by atoms with Gasteiger partial charge in [-0.25, -0.2) is 4.39 Å². The van der Waals surface area contributed by atoms with Gasteiger partial charge in [0.25, 0.3) is 0 Å². The smallest absolute Gasteiger partial charge is 0.314 e. The van der Waals surface area contributed by atoms with Crippen molar-refractivity contribution >= 4 is 5.97 Å². The molecule has 0 aliphatic rings. The van der Waals surface area contributed by atoms with Crippen molar-refractivity contribution in [1.82, 2.24) is 0 Å². The minimum absolute atomic E-state index is 0.0765. The molecule has 1 N–H and O–H groups in total. The predicted molar refractivity (Wildman–Crippen MR) is 68.3 cm³/mol. The molecule has 0 aliphatic heterocycles. The van der Waals surface area contributed by atoms with Crippen molar-refractivity contribution in [3.8, 4) is 5.75 Å². The second-order valence-corrected chi connectivity index (χ2v) is 5.02. The topological polar surface area (TPSA) is 55.8 Å². The molecule has 0 aromatic heterocycles. The van der Waals surface area contributed by atoms with Crippen LogP contribution in [-0.4, -0.2) is 24.8 Å². The molecule has 0 saturated carbocycles. The largest absolute Gasteiger partial charge is 0.492 e. The Kier molecular flexibility index (Phi) is 4.89. The number of carbonyl (C=O) groups excluding carboxylic acids is 1. The lowest BCUT2D eigenvalue weighted by Gasteiger charge is -2.21. The van der Waals surface area contributed by atoms with Crippen molar-refractivity contribution in [2.75, 3.05) is 13.7 Å². The molecule has 0 radical (unpaired) electrons. The average molecular weight is 270 g/mol. The molecule has 0 bridgehead atoms. The first-order valence-corrected chi connectivity index (χ1v) is 5.96. The Labute approximate surface area is 112 Å². The molecule has 106 valence electrons. The molecule has 0 amide bonds. The molecule has 1 atom stereocenters. The molecule has 0 saturated heterocycles. The van der Waals surface area contributed by atoms with Crippen molar-refractivity contribution in [1.29, 1.82) is 0 Å². The van der Waals surface area contributed by atoms with Crippen LogP contribution in [0.3, 0.4) is 0 Å². The molecule has 4 nitrogen and oxygen atoms in total. The third-order valence-electron chi connectivity index (χ3n) is 2.76. The second kappa shape index (κ2) is 6.02. The highest BCUT2D eigenvalue weighted by molar-refractivity contribution is 5.75. The maximum atomic E-state index is 13.6. The van der Waals surface area contributed by atoms with Gasteiger partial charge in [-0.05, 0) is 32.9 Å². The van der Waals surface area contributed by atoms with Gasteiger partial charge in [0.15, 0.2) is 0 Å². The van der Waals surface area contributed by atoms with E-state index in [0.29, 0.717) is 5.75 Å². The summed E-state index contributed by atoms with van der Waals surface area (Å²) in [4.78, 5) is 11.5. The Morgan fingerprint density at radius 1 is 1.47 bits per heavy atom. The summed E-state index contributed by atoms with van der Waals surface area (Å²) < 4.78 is 23.7. The van der Waals surface area contributed by atoms with Crippen LogP contribution in [-0.2, 0) is 9.53 Å². The number of aliphatic hydroxyl groups excluding tert-OH is 1. The van der Waals surface area contributed by atoms with Gasteiger partial charge in [0.1, 0.15) is 18.2 Å². The highest BCUT2D eigenvalue weighted by Crippen LogP contribution is 2.24. The first kappa shape index (κ1) is 15.4. The molecular formula is C14H19FO4. The lowest BCUT2D eigenvalue weighted by Crippen LogP contribution is -2.32. The Morgan fingerprint density at radius 2 is 2.11 bits per heavy atom. The summed E-state index contributed by atoms with van der Waals surface area (Å²) in [5.41, 5.74) is -0.603. The number of hydrogen-bond donors (Lipinski definition) is 1. The highest BCUT2D eigenvalue weighted by atomic mass is 19.1. The number of benzene rings is 1. The summed E-state index contributed by atoms with van der Waals surface area (Å²) in [6, 6.07) is 4.20. The molecule has 19 heavy (non-hydrogen) atoms. The molecule has 0 fully saturated rings. The zero-order valence-electron chi connectivity index (χ0n) is 11.6. The lowest BCUT2D eigenvalue weighted by molar-refractivity contribution is -0.152. The number of rotatable bonds is 5. The van der Waals surface area contributed by atoms with Gasteiger partial charge >= 0.3 is 5.97 Å². The van der Waals surface area contributed by atoms with E-state index < -0.39 is 23.3 Å². The van der Waals surface area contributed by atoms with E-state index in [2.05, 4.69) is 4.74 Å². The van der Waals surface area contributed by atoms with Crippen LogP contribution in [0.15, 0.2) is 18.2 Å². The lowest BCUT2D eigenvalue weighted by atomic mass is 9.95. The van der Waals surface area contributed by atoms with Crippen LogP contribution in [0.2, 0.25) is 0 Å². The van der Waals surface area contributed by atoms with E-state index in [1.54, 1.807) is 19.9 Å². The fraction of sp³-hybridized carbons (Fsp3) is 0.500. The van der Waals surface area contributed by atoms with E-state index >= 15 is 0 Å². The number of aliphatic hydroxyl groups is 1. The van der Waals surface area contributed by atoms with Crippen LogP contribution in [0.5, 0.6) is 5.75 Å². The van der Waals surface area contributed by atoms with E-state index in [-0.39, 0.29) is 12.2 Å². The van der Waals surface area contributed by atoms with Crippen molar-refractivity contribution in [3.05, 3.63) is 29.6 Å². The van der Waals surface area contributed by atoms with Gasteiger partial charge in [0, 0.05) is 11.6 Å². The average Bonchev–Trinajstić information content (AvgIpc) is 2.35. The number of hydrogen-bond acceptors (Lipinski definition) is 4. The minimum Gasteiger partial charge on any atom is -0.492 e. The molecule has 1 aromatic carbocycles. The Bertz CT molecular complexity index is 455. The van der Waals surface area contributed by atoms with Gasteiger partial charge in [0.2, 0.25) is 0 Å². The number of methoxy groups -OCH3 is 1. The van der Waals surface area contributed by atoms with Gasteiger partial charge in [-0.15, -0.1) is 0 Å². The van der Waals surface area contributed by atoms with Gasteiger partial charge in [-0.3, -0.25) is 4.79 Å². The number of esters is 1. The third-order valence-corrected chi connectivity index (χ3v) is 2.76. The third kappa shape index (κ3) is 3.92. The van der Waals surface area contributed by atoms with E-state index in [1.165, 1.54) is 26.2 Å². The molecule has 0 spiro atoms. The monoisotopic (exact) mass is 270 g/mol.